The quantitative estimate of drug-likeness (QED) is 0.734. The number of carbonyl (C=O) groups is 1. The first kappa shape index (κ1) is 16.3. The van der Waals surface area contributed by atoms with Gasteiger partial charge in [0.1, 0.15) is 23.4 Å². The van der Waals surface area contributed by atoms with Gasteiger partial charge in [0.15, 0.2) is 0 Å². The smallest absolute Gasteiger partial charge is 0.231 e. The Morgan fingerprint density at radius 3 is 2.81 bits per heavy atom. The van der Waals surface area contributed by atoms with Gasteiger partial charge < -0.3 is 19.8 Å². The molecule has 1 amide bonds. The monoisotopic (exact) mass is 356 g/mol. The van der Waals surface area contributed by atoms with E-state index in [1.165, 1.54) is 0 Å². The normalized spacial score (nSPS) is 18.6. The number of pyridine rings is 2. The van der Waals surface area contributed by atoms with Crippen molar-refractivity contribution in [2.45, 2.75) is 12.6 Å². The highest BCUT2D eigenvalue weighted by Gasteiger charge is 2.43. The van der Waals surface area contributed by atoms with E-state index in [-0.39, 0.29) is 12.3 Å². The average Bonchev–Trinajstić information content (AvgIpc) is 3.25. The summed E-state index contributed by atoms with van der Waals surface area (Å²) in [5, 5.41) is 3.47. The van der Waals surface area contributed by atoms with Crippen LogP contribution in [0.15, 0.2) is 30.6 Å². The number of anilines is 1. The van der Waals surface area contributed by atoms with E-state index in [1.54, 1.807) is 38.7 Å². The van der Waals surface area contributed by atoms with Crippen molar-refractivity contribution in [1.82, 2.24) is 15.0 Å². The van der Waals surface area contributed by atoms with Crippen LogP contribution in [0.25, 0.3) is 22.2 Å². The van der Waals surface area contributed by atoms with Crippen LogP contribution in [-0.2, 0) is 4.79 Å². The van der Waals surface area contributed by atoms with Crippen molar-refractivity contribution in [2.75, 3.05) is 19.5 Å². The van der Waals surface area contributed by atoms with E-state index in [4.69, 9.17) is 9.47 Å². The molecule has 1 fully saturated rings. The molecule has 2 N–H and O–H groups in total. The summed E-state index contributed by atoms with van der Waals surface area (Å²) in [5.74, 6) is 0.533. The molecule has 1 aliphatic carbocycles. The van der Waals surface area contributed by atoms with Crippen LogP contribution in [0.5, 0.6) is 11.6 Å². The van der Waals surface area contributed by atoms with Gasteiger partial charge in [-0.2, -0.15) is 0 Å². The third-order valence-electron chi connectivity index (χ3n) is 4.40. The first-order chi connectivity index (χ1) is 12.6. The number of aromatic nitrogens is 3. The van der Waals surface area contributed by atoms with Crippen molar-refractivity contribution in [1.29, 1.82) is 0 Å². The van der Waals surface area contributed by atoms with Crippen LogP contribution < -0.4 is 14.8 Å². The zero-order valence-corrected chi connectivity index (χ0v) is 14.2. The van der Waals surface area contributed by atoms with Gasteiger partial charge in [0.25, 0.3) is 0 Å². The van der Waals surface area contributed by atoms with Gasteiger partial charge in [0, 0.05) is 23.3 Å². The highest BCUT2D eigenvalue weighted by Crippen LogP contribution is 2.40. The zero-order valence-electron chi connectivity index (χ0n) is 14.2. The number of aromatic amines is 1. The molecule has 134 valence electrons. The second-order valence-electron chi connectivity index (χ2n) is 6.04. The lowest BCUT2D eigenvalue weighted by molar-refractivity contribution is -0.117. The molecule has 4 rings (SSSR count). The summed E-state index contributed by atoms with van der Waals surface area (Å²) in [7, 11) is 3.12. The SMILES string of the molecule is COc1ccnc(OC)c1-c1c[nH]c2nc(NC(=O)[C@@H]3C[C@@H]3F)ccc12. The lowest BCUT2D eigenvalue weighted by Crippen LogP contribution is -2.15. The second-order valence-corrected chi connectivity index (χ2v) is 6.04. The average molecular weight is 356 g/mol. The lowest BCUT2D eigenvalue weighted by atomic mass is 10.1. The fraction of sp³-hybridized carbons (Fsp3) is 0.278. The first-order valence-electron chi connectivity index (χ1n) is 8.12. The molecule has 0 spiro atoms. The number of rotatable bonds is 5. The number of amides is 1. The maximum Gasteiger partial charge on any atom is 0.231 e. The van der Waals surface area contributed by atoms with Crippen LogP contribution in [-0.4, -0.2) is 41.3 Å². The second kappa shape index (κ2) is 6.29. The number of alkyl halides is 1. The van der Waals surface area contributed by atoms with E-state index < -0.39 is 12.1 Å². The molecule has 7 nitrogen and oxygen atoms in total. The molecule has 1 aliphatic rings. The molecule has 0 aliphatic heterocycles. The molecule has 0 saturated heterocycles. The predicted octanol–water partition coefficient (Wildman–Crippen LogP) is 2.94. The maximum absolute atomic E-state index is 13.0. The fourth-order valence-corrected chi connectivity index (χ4v) is 2.93. The number of hydrogen-bond donors (Lipinski definition) is 2. The van der Waals surface area contributed by atoms with Crippen LogP contribution >= 0.6 is 0 Å². The van der Waals surface area contributed by atoms with Crippen molar-refractivity contribution in [3.05, 3.63) is 30.6 Å². The molecule has 26 heavy (non-hydrogen) atoms. The summed E-state index contributed by atoms with van der Waals surface area (Å²) < 4.78 is 23.8. The number of carbonyl (C=O) groups excluding carboxylic acids is 1. The topological polar surface area (TPSA) is 89.1 Å². The number of methoxy groups -OCH3 is 2. The minimum Gasteiger partial charge on any atom is -0.496 e. The van der Waals surface area contributed by atoms with E-state index in [9.17, 15) is 9.18 Å². The molecule has 0 radical (unpaired) electrons. The van der Waals surface area contributed by atoms with Crippen LogP contribution in [0.2, 0.25) is 0 Å². The van der Waals surface area contributed by atoms with Gasteiger partial charge in [0.2, 0.25) is 11.8 Å². The Morgan fingerprint density at radius 2 is 2.12 bits per heavy atom. The van der Waals surface area contributed by atoms with Crippen molar-refractivity contribution in [3.8, 4) is 22.8 Å². The first-order valence-corrected chi connectivity index (χ1v) is 8.12. The van der Waals surface area contributed by atoms with Gasteiger partial charge in [-0.15, -0.1) is 0 Å². The number of ether oxygens (including phenoxy) is 2. The van der Waals surface area contributed by atoms with Crippen molar-refractivity contribution in [2.24, 2.45) is 5.92 Å². The zero-order chi connectivity index (χ0) is 18.3. The number of H-pyrrole nitrogens is 1. The van der Waals surface area contributed by atoms with Gasteiger partial charge in [-0.3, -0.25) is 4.79 Å². The molecule has 0 aromatic carbocycles. The summed E-state index contributed by atoms with van der Waals surface area (Å²) in [5.41, 5.74) is 2.11. The Hall–Kier alpha value is -3.16. The molecule has 1 saturated carbocycles. The molecule has 0 unspecified atom stereocenters. The Bertz CT molecular complexity index is 965. The molecular weight excluding hydrogens is 339 g/mol. The third kappa shape index (κ3) is 2.73. The molecule has 3 aromatic rings. The fourth-order valence-electron chi connectivity index (χ4n) is 2.93. The summed E-state index contributed by atoms with van der Waals surface area (Å²) in [6.07, 6.45) is 2.63. The third-order valence-corrected chi connectivity index (χ3v) is 4.40. The van der Waals surface area contributed by atoms with Crippen molar-refractivity contribution < 1.29 is 18.7 Å². The molecule has 8 heteroatoms. The molecule has 2 atom stereocenters. The Labute approximate surface area is 148 Å². The summed E-state index contributed by atoms with van der Waals surface area (Å²) >= 11 is 0. The highest BCUT2D eigenvalue weighted by atomic mass is 19.1. The van der Waals surface area contributed by atoms with Crippen LogP contribution in [0.4, 0.5) is 10.2 Å². The standard InChI is InChI=1S/C18H17FN4O3/c1-25-13-5-6-20-18(26-2)15(13)11-8-21-16-9(11)3-4-14(22-16)23-17(24)10-7-12(10)19/h3-6,8,10,12H,7H2,1-2H3,(H2,21,22,23,24)/t10-,12+/m1/s1. The number of hydrogen-bond acceptors (Lipinski definition) is 5. The van der Waals surface area contributed by atoms with Gasteiger partial charge in [-0.1, -0.05) is 0 Å². The number of nitrogens with one attached hydrogen (secondary N) is 2. The van der Waals surface area contributed by atoms with Gasteiger partial charge in [-0.05, 0) is 24.6 Å². The van der Waals surface area contributed by atoms with Crippen LogP contribution in [0.1, 0.15) is 6.42 Å². The molecule has 3 heterocycles. The summed E-state index contributed by atoms with van der Waals surface area (Å²) in [4.78, 5) is 23.6. The summed E-state index contributed by atoms with van der Waals surface area (Å²) in [6.45, 7) is 0. The molecule has 0 bridgehead atoms. The number of fused-ring (bicyclic) bond motifs is 1. The van der Waals surface area contributed by atoms with Crippen LogP contribution in [0.3, 0.4) is 0 Å². The van der Waals surface area contributed by atoms with Gasteiger partial charge in [-0.25, -0.2) is 14.4 Å². The van der Waals surface area contributed by atoms with E-state index in [1.807, 2.05) is 6.07 Å². The Morgan fingerprint density at radius 1 is 1.31 bits per heavy atom. The minimum atomic E-state index is -1.04. The molecular formula is C18H17FN4O3. The number of nitrogens with zero attached hydrogens (tertiary/aromatic N) is 2. The van der Waals surface area contributed by atoms with Crippen molar-refractivity contribution in [3.63, 3.8) is 0 Å². The number of halogens is 1. The van der Waals surface area contributed by atoms with E-state index in [0.717, 1.165) is 10.9 Å². The van der Waals surface area contributed by atoms with Gasteiger partial charge >= 0.3 is 0 Å². The minimum absolute atomic E-state index is 0.279. The van der Waals surface area contributed by atoms with Crippen LogP contribution in [0, 0.1) is 5.92 Å². The van der Waals surface area contributed by atoms with E-state index >= 15 is 0 Å². The lowest BCUT2D eigenvalue weighted by Gasteiger charge is -2.11. The van der Waals surface area contributed by atoms with Crippen molar-refractivity contribution >= 4 is 22.8 Å². The summed E-state index contributed by atoms with van der Waals surface area (Å²) in [6, 6.07) is 5.26. The maximum atomic E-state index is 13.0. The van der Waals surface area contributed by atoms with E-state index in [0.29, 0.717) is 28.7 Å². The Kier molecular flexibility index (Phi) is 3.95. The largest absolute Gasteiger partial charge is 0.496 e. The Balaban J connectivity index is 1.72. The highest BCUT2D eigenvalue weighted by molar-refractivity contribution is 5.99. The molecule has 3 aromatic heterocycles. The van der Waals surface area contributed by atoms with Gasteiger partial charge in [0.05, 0.1) is 25.7 Å². The predicted molar refractivity (Wildman–Crippen MR) is 94.1 cm³/mol. The van der Waals surface area contributed by atoms with E-state index in [2.05, 4.69) is 20.3 Å².